The highest BCUT2D eigenvalue weighted by Gasteiger charge is 2.19. The Labute approximate surface area is 115 Å². The van der Waals surface area contributed by atoms with Crippen molar-refractivity contribution < 1.29 is 9.47 Å². The summed E-state index contributed by atoms with van der Waals surface area (Å²) in [6.45, 7) is 9.23. The van der Waals surface area contributed by atoms with Gasteiger partial charge in [-0.05, 0) is 26.8 Å². The maximum atomic E-state index is 5.99. The average molecular weight is 261 g/mol. The molecule has 1 atom stereocenters. The predicted octanol–water partition coefficient (Wildman–Crippen LogP) is 3.24. The molecule has 104 valence electrons. The van der Waals surface area contributed by atoms with Crippen molar-refractivity contribution in [1.82, 2.24) is 4.90 Å². The number of hydrogen-bond donors (Lipinski definition) is 0. The molecule has 1 heterocycles. The van der Waals surface area contributed by atoms with Gasteiger partial charge in [-0.1, -0.05) is 17.7 Å². The predicted molar refractivity (Wildman–Crippen MR) is 77.8 cm³/mol. The number of hydrogen-bond acceptors (Lipinski definition) is 3. The van der Waals surface area contributed by atoms with E-state index < -0.39 is 0 Å². The van der Waals surface area contributed by atoms with E-state index in [-0.39, 0.29) is 6.10 Å². The molecule has 0 saturated carbocycles. The summed E-state index contributed by atoms with van der Waals surface area (Å²) >= 11 is 0. The Morgan fingerprint density at radius 1 is 1.47 bits per heavy atom. The molecule has 19 heavy (non-hydrogen) atoms. The lowest BCUT2D eigenvalue weighted by Crippen LogP contribution is -2.31. The maximum absolute atomic E-state index is 5.99. The molecule has 0 fully saturated rings. The molecule has 0 aromatic heterocycles. The summed E-state index contributed by atoms with van der Waals surface area (Å²) in [6, 6.07) is 6.08. The van der Waals surface area contributed by atoms with E-state index in [9.17, 15) is 0 Å². The molecule has 3 heteroatoms. The van der Waals surface area contributed by atoms with Gasteiger partial charge in [0, 0.05) is 31.3 Å². The van der Waals surface area contributed by atoms with Crippen LogP contribution in [0, 0.1) is 0 Å². The van der Waals surface area contributed by atoms with Crippen LogP contribution >= 0.6 is 0 Å². The maximum Gasteiger partial charge on any atom is 0.127 e. The van der Waals surface area contributed by atoms with Crippen molar-refractivity contribution >= 4 is 0 Å². The van der Waals surface area contributed by atoms with E-state index in [0.717, 1.165) is 31.1 Å². The van der Waals surface area contributed by atoms with E-state index in [1.54, 1.807) is 7.11 Å². The first kappa shape index (κ1) is 13.9. The Hall–Kier alpha value is -1.48. The molecule has 1 aromatic rings. The molecule has 0 N–H and O–H groups in total. The lowest BCUT2D eigenvalue weighted by molar-refractivity contribution is 0.169. The minimum absolute atomic E-state index is 0.193. The molecule has 0 spiro atoms. The van der Waals surface area contributed by atoms with Gasteiger partial charge in [0.1, 0.15) is 17.6 Å². The third kappa shape index (κ3) is 3.74. The van der Waals surface area contributed by atoms with Gasteiger partial charge in [0.25, 0.3) is 0 Å². The second-order valence-electron chi connectivity index (χ2n) is 5.38. The number of nitrogens with zero attached hydrogens (tertiary/aromatic N) is 1. The fraction of sp³-hybridized carbons (Fsp3) is 0.500. The number of rotatable bonds is 3. The van der Waals surface area contributed by atoms with Gasteiger partial charge in [-0.15, -0.1) is 0 Å². The normalized spacial score (nSPS) is 19.1. The van der Waals surface area contributed by atoms with Crippen LogP contribution in [0.15, 0.2) is 29.8 Å². The van der Waals surface area contributed by atoms with Crippen LogP contribution in [0.1, 0.15) is 26.3 Å². The summed E-state index contributed by atoms with van der Waals surface area (Å²) in [4.78, 5) is 2.41. The van der Waals surface area contributed by atoms with Crippen LogP contribution in [0.25, 0.3) is 0 Å². The fourth-order valence-electron chi connectivity index (χ4n) is 2.28. The number of methoxy groups -OCH3 is 1. The van der Waals surface area contributed by atoms with Gasteiger partial charge in [0.2, 0.25) is 0 Å². The smallest absolute Gasteiger partial charge is 0.127 e. The van der Waals surface area contributed by atoms with Crippen LogP contribution in [0.3, 0.4) is 0 Å². The van der Waals surface area contributed by atoms with Gasteiger partial charge in [-0.25, -0.2) is 0 Å². The van der Waals surface area contributed by atoms with E-state index in [0.29, 0.717) is 0 Å². The Balaban J connectivity index is 2.19. The first-order chi connectivity index (χ1) is 9.08. The molecule has 1 unspecified atom stereocenters. The number of fused-ring (bicyclic) bond motifs is 1. The summed E-state index contributed by atoms with van der Waals surface area (Å²) < 4.78 is 11.3. The summed E-state index contributed by atoms with van der Waals surface area (Å²) in [7, 11) is 1.68. The van der Waals surface area contributed by atoms with Crippen molar-refractivity contribution in [3.8, 4) is 11.5 Å². The zero-order chi connectivity index (χ0) is 13.8. The average Bonchev–Trinajstić information content (AvgIpc) is 2.52. The lowest BCUT2D eigenvalue weighted by atomic mass is 10.2. The van der Waals surface area contributed by atoms with Crippen LogP contribution in [0.4, 0.5) is 0 Å². The molecule has 0 amide bonds. The quantitative estimate of drug-likeness (QED) is 0.780. The van der Waals surface area contributed by atoms with E-state index in [1.807, 2.05) is 12.1 Å². The molecular formula is C16H23NO2. The lowest BCUT2D eigenvalue weighted by Gasteiger charge is -2.20. The summed E-state index contributed by atoms with van der Waals surface area (Å²) in [6.07, 6.45) is 2.46. The van der Waals surface area contributed by atoms with Gasteiger partial charge in [-0.2, -0.15) is 0 Å². The van der Waals surface area contributed by atoms with Crippen LogP contribution in [-0.2, 0) is 6.54 Å². The van der Waals surface area contributed by atoms with Crippen molar-refractivity contribution in [3.63, 3.8) is 0 Å². The van der Waals surface area contributed by atoms with Crippen molar-refractivity contribution in [2.45, 2.75) is 33.4 Å². The Morgan fingerprint density at radius 3 is 2.95 bits per heavy atom. The summed E-state index contributed by atoms with van der Waals surface area (Å²) in [5.74, 6) is 1.80. The summed E-state index contributed by atoms with van der Waals surface area (Å²) in [5.41, 5.74) is 2.58. The molecule has 1 aromatic carbocycles. The molecule has 0 bridgehead atoms. The van der Waals surface area contributed by atoms with Gasteiger partial charge < -0.3 is 9.47 Å². The highest BCUT2D eigenvalue weighted by Crippen LogP contribution is 2.29. The zero-order valence-corrected chi connectivity index (χ0v) is 12.3. The Morgan fingerprint density at radius 2 is 2.26 bits per heavy atom. The highest BCUT2D eigenvalue weighted by atomic mass is 16.5. The van der Waals surface area contributed by atoms with Crippen LogP contribution < -0.4 is 9.47 Å². The molecule has 3 nitrogen and oxygen atoms in total. The van der Waals surface area contributed by atoms with Crippen LogP contribution in [0.2, 0.25) is 0 Å². The molecular weight excluding hydrogens is 238 g/mol. The first-order valence-electron chi connectivity index (χ1n) is 6.77. The topological polar surface area (TPSA) is 21.7 Å². The summed E-state index contributed by atoms with van der Waals surface area (Å²) in [5, 5.41) is 0. The molecule has 0 saturated heterocycles. The van der Waals surface area contributed by atoms with Gasteiger partial charge >= 0.3 is 0 Å². The minimum atomic E-state index is 0.193. The SMILES string of the molecule is COc1ccc2c(c1)OC(C)CN(CC=C(C)C)C2. The number of benzene rings is 1. The molecule has 1 aliphatic heterocycles. The van der Waals surface area contributed by atoms with Crippen molar-refractivity contribution in [3.05, 3.63) is 35.4 Å². The third-order valence-electron chi connectivity index (χ3n) is 3.27. The minimum Gasteiger partial charge on any atom is -0.497 e. The van der Waals surface area contributed by atoms with Crippen molar-refractivity contribution in [2.24, 2.45) is 0 Å². The van der Waals surface area contributed by atoms with E-state index >= 15 is 0 Å². The fourth-order valence-corrected chi connectivity index (χ4v) is 2.28. The van der Waals surface area contributed by atoms with Gasteiger partial charge in [0.15, 0.2) is 0 Å². The highest BCUT2D eigenvalue weighted by molar-refractivity contribution is 5.41. The molecule has 1 aliphatic rings. The van der Waals surface area contributed by atoms with Crippen LogP contribution in [-0.4, -0.2) is 31.2 Å². The Kier molecular flexibility index (Phi) is 4.48. The number of ether oxygens (including phenoxy) is 2. The van der Waals surface area contributed by atoms with E-state index in [2.05, 4.69) is 37.8 Å². The monoisotopic (exact) mass is 261 g/mol. The molecule has 2 rings (SSSR count). The molecule has 0 aliphatic carbocycles. The van der Waals surface area contributed by atoms with E-state index in [4.69, 9.17) is 9.47 Å². The standard InChI is InChI=1S/C16H23NO2/c1-12(2)7-8-17-10-13(3)19-16-9-15(18-4)6-5-14(16)11-17/h5-7,9,13H,8,10-11H2,1-4H3. The number of allylic oxidation sites excluding steroid dienone is 1. The van der Waals surface area contributed by atoms with Crippen molar-refractivity contribution in [1.29, 1.82) is 0 Å². The third-order valence-corrected chi connectivity index (χ3v) is 3.27. The molecule has 0 radical (unpaired) electrons. The second kappa shape index (κ2) is 6.11. The van der Waals surface area contributed by atoms with Gasteiger partial charge in [-0.3, -0.25) is 4.90 Å². The Bertz CT molecular complexity index is 464. The second-order valence-corrected chi connectivity index (χ2v) is 5.38. The van der Waals surface area contributed by atoms with Crippen molar-refractivity contribution in [2.75, 3.05) is 20.2 Å². The largest absolute Gasteiger partial charge is 0.497 e. The first-order valence-corrected chi connectivity index (χ1v) is 6.77. The zero-order valence-electron chi connectivity index (χ0n) is 12.3. The van der Waals surface area contributed by atoms with Gasteiger partial charge in [0.05, 0.1) is 7.11 Å². The van der Waals surface area contributed by atoms with Crippen LogP contribution in [0.5, 0.6) is 11.5 Å². The van der Waals surface area contributed by atoms with E-state index in [1.165, 1.54) is 11.1 Å².